The zero-order chi connectivity index (χ0) is 11.8. The summed E-state index contributed by atoms with van der Waals surface area (Å²) in [5.74, 6) is 0.0686. The number of aromatic nitrogens is 1. The van der Waals surface area contributed by atoms with E-state index in [-0.39, 0.29) is 5.91 Å². The summed E-state index contributed by atoms with van der Waals surface area (Å²) in [5.41, 5.74) is 0.988. The van der Waals surface area contributed by atoms with Gasteiger partial charge in [-0.25, -0.2) is 0 Å². The molecule has 0 saturated heterocycles. The first kappa shape index (κ1) is 12.2. The van der Waals surface area contributed by atoms with E-state index >= 15 is 0 Å². The van der Waals surface area contributed by atoms with Crippen molar-refractivity contribution in [2.75, 3.05) is 6.54 Å². The van der Waals surface area contributed by atoms with Crippen LogP contribution in [0, 0.1) is 11.3 Å². The fourth-order valence-electron chi connectivity index (χ4n) is 1.41. The quantitative estimate of drug-likeness (QED) is 0.754. The third-order valence-electron chi connectivity index (χ3n) is 2.24. The molecule has 1 aromatic heterocycles. The highest BCUT2D eigenvalue weighted by Crippen LogP contribution is 2.05. The van der Waals surface area contributed by atoms with Crippen molar-refractivity contribution >= 4 is 5.91 Å². The van der Waals surface area contributed by atoms with Gasteiger partial charge in [0.1, 0.15) is 0 Å². The Kier molecular flexibility index (Phi) is 5.00. The average Bonchev–Trinajstić information content (AvgIpc) is 2.34. The topological polar surface area (TPSA) is 57.0 Å². The minimum Gasteiger partial charge on any atom is -0.337 e. The monoisotopic (exact) mass is 217 g/mol. The minimum atomic E-state index is 0.0686. The number of carbonyl (C=O) groups excluding carboxylic acids is 1. The highest BCUT2D eigenvalue weighted by molar-refractivity contribution is 5.75. The number of nitriles is 1. The normalized spacial score (nSPS) is 9.50. The number of pyridine rings is 1. The molecule has 4 heteroatoms. The molecule has 0 radical (unpaired) electrons. The summed E-state index contributed by atoms with van der Waals surface area (Å²) >= 11 is 0. The molecule has 1 heterocycles. The van der Waals surface area contributed by atoms with Crippen LogP contribution in [-0.4, -0.2) is 22.3 Å². The van der Waals surface area contributed by atoms with E-state index in [0.717, 1.165) is 5.56 Å². The molecule has 0 aliphatic heterocycles. The van der Waals surface area contributed by atoms with Gasteiger partial charge in [-0.15, -0.1) is 0 Å². The zero-order valence-corrected chi connectivity index (χ0v) is 9.39. The molecule has 0 N–H and O–H groups in total. The average molecular weight is 217 g/mol. The molecule has 0 bridgehead atoms. The van der Waals surface area contributed by atoms with Crippen LogP contribution in [0.1, 0.15) is 25.3 Å². The van der Waals surface area contributed by atoms with E-state index in [4.69, 9.17) is 5.26 Å². The van der Waals surface area contributed by atoms with Crippen LogP contribution >= 0.6 is 0 Å². The molecular weight excluding hydrogens is 202 g/mol. The standard InChI is InChI=1S/C12H15N3O/c1-2-12(16)15(8-4-6-13)10-11-5-3-7-14-9-11/h3,5,7,9H,2,4,8,10H2,1H3. The number of hydrogen-bond acceptors (Lipinski definition) is 3. The van der Waals surface area contributed by atoms with Crippen molar-refractivity contribution in [3.8, 4) is 6.07 Å². The largest absolute Gasteiger partial charge is 0.337 e. The van der Waals surface area contributed by atoms with Crippen LogP contribution in [0.25, 0.3) is 0 Å². The fourth-order valence-corrected chi connectivity index (χ4v) is 1.41. The second kappa shape index (κ2) is 6.57. The maximum Gasteiger partial charge on any atom is 0.222 e. The van der Waals surface area contributed by atoms with Crippen molar-refractivity contribution in [2.45, 2.75) is 26.3 Å². The third-order valence-corrected chi connectivity index (χ3v) is 2.24. The van der Waals surface area contributed by atoms with Crippen molar-refractivity contribution in [1.29, 1.82) is 5.26 Å². The van der Waals surface area contributed by atoms with Gasteiger partial charge < -0.3 is 4.90 Å². The number of rotatable bonds is 5. The van der Waals surface area contributed by atoms with Crippen LogP contribution in [0.3, 0.4) is 0 Å². The Morgan fingerprint density at radius 3 is 3.00 bits per heavy atom. The van der Waals surface area contributed by atoms with E-state index in [1.54, 1.807) is 17.3 Å². The van der Waals surface area contributed by atoms with Crippen molar-refractivity contribution < 1.29 is 4.79 Å². The number of nitrogens with zero attached hydrogens (tertiary/aromatic N) is 3. The summed E-state index contributed by atoms with van der Waals surface area (Å²) in [7, 11) is 0. The number of carbonyl (C=O) groups is 1. The fraction of sp³-hybridized carbons (Fsp3) is 0.417. The second-order valence-electron chi connectivity index (χ2n) is 3.44. The van der Waals surface area contributed by atoms with E-state index < -0.39 is 0 Å². The lowest BCUT2D eigenvalue weighted by atomic mass is 10.2. The minimum absolute atomic E-state index is 0.0686. The van der Waals surface area contributed by atoms with E-state index in [1.165, 1.54) is 0 Å². The first-order valence-electron chi connectivity index (χ1n) is 5.31. The van der Waals surface area contributed by atoms with E-state index in [2.05, 4.69) is 11.1 Å². The molecule has 0 aliphatic carbocycles. The summed E-state index contributed by atoms with van der Waals surface area (Å²) < 4.78 is 0. The zero-order valence-electron chi connectivity index (χ0n) is 9.39. The molecule has 16 heavy (non-hydrogen) atoms. The maximum atomic E-state index is 11.6. The molecule has 84 valence electrons. The van der Waals surface area contributed by atoms with Gasteiger partial charge in [0, 0.05) is 31.9 Å². The van der Waals surface area contributed by atoms with Crippen LogP contribution in [0.5, 0.6) is 0 Å². The smallest absolute Gasteiger partial charge is 0.222 e. The summed E-state index contributed by atoms with van der Waals surface area (Å²) in [6, 6.07) is 5.82. The Bertz CT molecular complexity index is 370. The predicted octanol–water partition coefficient (Wildman–Crippen LogP) is 1.73. The summed E-state index contributed by atoms with van der Waals surface area (Å²) in [4.78, 5) is 17.3. The van der Waals surface area contributed by atoms with Gasteiger partial charge in [-0.05, 0) is 11.6 Å². The van der Waals surface area contributed by atoms with Crippen molar-refractivity contribution in [3.05, 3.63) is 30.1 Å². The Morgan fingerprint density at radius 1 is 1.62 bits per heavy atom. The van der Waals surface area contributed by atoms with Crippen LogP contribution in [0.4, 0.5) is 0 Å². The lowest BCUT2D eigenvalue weighted by molar-refractivity contribution is -0.131. The molecule has 0 unspecified atom stereocenters. The van der Waals surface area contributed by atoms with Crippen LogP contribution < -0.4 is 0 Å². The van der Waals surface area contributed by atoms with Gasteiger partial charge in [0.15, 0.2) is 0 Å². The van der Waals surface area contributed by atoms with Gasteiger partial charge in [0.25, 0.3) is 0 Å². The van der Waals surface area contributed by atoms with Crippen molar-refractivity contribution in [1.82, 2.24) is 9.88 Å². The molecule has 0 fully saturated rings. The number of amides is 1. The highest BCUT2D eigenvalue weighted by atomic mass is 16.2. The first-order chi connectivity index (χ1) is 7.77. The molecule has 0 atom stereocenters. The summed E-state index contributed by atoms with van der Waals surface area (Å²) in [6.07, 6.45) is 4.27. The molecule has 0 aliphatic rings. The highest BCUT2D eigenvalue weighted by Gasteiger charge is 2.11. The van der Waals surface area contributed by atoms with Gasteiger partial charge in [-0.1, -0.05) is 13.0 Å². The van der Waals surface area contributed by atoms with E-state index in [0.29, 0.717) is 25.9 Å². The lowest BCUT2D eigenvalue weighted by Gasteiger charge is -2.20. The molecule has 0 aromatic carbocycles. The van der Waals surface area contributed by atoms with E-state index in [9.17, 15) is 4.79 Å². The Hall–Kier alpha value is -1.89. The Morgan fingerprint density at radius 2 is 2.44 bits per heavy atom. The van der Waals surface area contributed by atoms with Crippen LogP contribution in [0.2, 0.25) is 0 Å². The van der Waals surface area contributed by atoms with Gasteiger partial charge in [-0.2, -0.15) is 5.26 Å². The predicted molar refractivity (Wildman–Crippen MR) is 60.2 cm³/mol. The molecule has 4 nitrogen and oxygen atoms in total. The van der Waals surface area contributed by atoms with Gasteiger partial charge >= 0.3 is 0 Å². The van der Waals surface area contributed by atoms with Crippen molar-refractivity contribution in [3.63, 3.8) is 0 Å². The Labute approximate surface area is 95.5 Å². The van der Waals surface area contributed by atoms with Crippen LogP contribution in [-0.2, 0) is 11.3 Å². The third kappa shape index (κ3) is 3.70. The van der Waals surface area contributed by atoms with Gasteiger partial charge in [-0.3, -0.25) is 9.78 Å². The molecule has 1 aromatic rings. The summed E-state index contributed by atoms with van der Waals surface area (Å²) in [6.45, 7) is 2.84. The molecule has 0 spiro atoms. The number of hydrogen-bond donors (Lipinski definition) is 0. The Balaban J connectivity index is 2.64. The molecule has 0 saturated carbocycles. The van der Waals surface area contributed by atoms with Crippen molar-refractivity contribution in [2.24, 2.45) is 0 Å². The molecular formula is C12H15N3O. The molecule has 1 amide bonds. The lowest BCUT2D eigenvalue weighted by Crippen LogP contribution is -2.30. The summed E-state index contributed by atoms with van der Waals surface area (Å²) in [5, 5.41) is 8.54. The van der Waals surface area contributed by atoms with Gasteiger partial charge in [0.05, 0.1) is 12.5 Å². The molecule has 1 rings (SSSR count). The van der Waals surface area contributed by atoms with E-state index in [1.807, 2.05) is 19.1 Å². The second-order valence-corrected chi connectivity index (χ2v) is 3.44. The maximum absolute atomic E-state index is 11.6. The van der Waals surface area contributed by atoms with Crippen LogP contribution in [0.15, 0.2) is 24.5 Å². The first-order valence-corrected chi connectivity index (χ1v) is 5.31. The van der Waals surface area contributed by atoms with Gasteiger partial charge in [0.2, 0.25) is 5.91 Å². The SMILES string of the molecule is CCC(=O)N(CCC#N)Cc1cccnc1.